The van der Waals surface area contributed by atoms with Crippen LogP contribution in [0.1, 0.15) is 48.2 Å². The topological polar surface area (TPSA) is 33.2 Å². The van der Waals surface area contributed by atoms with Crippen LogP contribution in [0.2, 0.25) is 0 Å². The molecule has 0 aliphatic heterocycles. The molecule has 1 aliphatic carbocycles. The Hall–Kier alpha value is -0.900. The van der Waals surface area contributed by atoms with Crippen molar-refractivity contribution in [2.45, 2.75) is 45.1 Å². The average molecular weight is 325 g/mol. The molecule has 0 aromatic carbocycles. The number of hydrogen-bond acceptors (Lipinski definition) is 2. The molecule has 1 aromatic heterocycles. The minimum absolute atomic E-state index is 0.0875. The highest BCUT2D eigenvalue weighted by Gasteiger charge is 2.27. The van der Waals surface area contributed by atoms with Crippen molar-refractivity contribution in [3.8, 4) is 0 Å². The largest absolute Gasteiger partial charge is 0.333 e. The van der Waals surface area contributed by atoms with Gasteiger partial charge < -0.3 is 4.90 Å². The van der Waals surface area contributed by atoms with Gasteiger partial charge in [-0.2, -0.15) is 0 Å². The van der Waals surface area contributed by atoms with E-state index in [4.69, 9.17) is 0 Å². The number of halogens is 1. The van der Waals surface area contributed by atoms with Crippen molar-refractivity contribution < 1.29 is 4.79 Å². The van der Waals surface area contributed by atoms with Gasteiger partial charge in [0.15, 0.2) is 0 Å². The SMILES string of the molecule is Cc1cccnc1C(=O)N(CCBr)C1CCCCC1. The number of alkyl halides is 1. The summed E-state index contributed by atoms with van der Waals surface area (Å²) in [6.45, 7) is 2.72. The van der Waals surface area contributed by atoms with Gasteiger partial charge in [-0.1, -0.05) is 41.3 Å². The van der Waals surface area contributed by atoms with E-state index in [0.717, 1.165) is 30.3 Å². The molecule has 104 valence electrons. The van der Waals surface area contributed by atoms with E-state index in [9.17, 15) is 4.79 Å². The molecule has 2 rings (SSSR count). The molecule has 0 unspecified atom stereocenters. The summed E-state index contributed by atoms with van der Waals surface area (Å²) in [4.78, 5) is 19.0. The molecular weight excluding hydrogens is 304 g/mol. The number of hydrogen-bond donors (Lipinski definition) is 0. The van der Waals surface area contributed by atoms with Crippen molar-refractivity contribution in [2.75, 3.05) is 11.9 Å². The zero-order chi connectivity index (χ0) is 13.7. The summed E-state index contributed by atoms with van der Waals surface area (Å²) in [5.41, 5.74) is 1.57. The molecule has 1 amide bonds. The molecule has 4 heteroatoms. The van der Waals surface area contributed by atoms with Crippen LogP contribution >= 0.6 is 15.9 Å². The van der Waals surface area contributed by atoms with Crippen LogP contribution in [0, 0.1) is 6.92 Å². The average Bonchev–Trinajstić information content (AvgIpc) is 2.45. The van der Waals surface area contributed by atoms with E-state index in [1.165, 1.54) is 19.3 Å². The number of amides is 1. The Balaban J connectivity index is 2.18. The molecule has 0 saturated heterocycles. The number of aromatic nitrogens is 1. The van der Waals surface area contributed by atoms with Gasteiger partial charge in [0.2, 0.25) is 0 Å². The molecule has 1 aliphatic rings. The van der Waals surface area contributed by atoms with Crippen molar-refractivity contribution in [3.63, 3.8) is 0 Å². The first-order chi connectivity index (χ1) is 9.24. The number of pyridine rings is 1. The van der Waals surface area contributed by atoms with Gasteiger partial charge in [0.25, 0.3) is 5.91 Å². The lowest BCUT2D eigenvalue weighted by atomic mass is 9.94. The number of aryl methyl sites for hydroxylation is 1. The van der Waals surface area contributed by atoms with Crippen LogP contribution in [0.5, 0.6) is 0 Å². The molecule has 0 bridgehead atoms. The molecule has 0 atom stereocenters. The van der Waals surface area contributed by atoms with Crippen molar-refractivity contribution in [3.05, 3.63) is 29.6 Å². The summed E-state index contributed by atoms with van der Waals surface area (Å²) in [5, 5.41) is 0.821. The Morgan fingerprint density at radius 2 is 2.16 bits per heavy atom. The first-order valence-electron chi connectivity index (χ1n) is 7.02. The lowest BCUT2D eigenvalue weighted by Gasteiger charge is -2.34. The standard InChI is InChI=1S/C15H21BrN2O/c1-12-6-5-10-17-14(12)15(19)18(11-9-16)13-7-3-2-4-8-13/h5-6,10,13H,2-4,7-9,11H2,1H3. The Bertz CT molecular complexity index is 430. The first kappa shape index (κ1) is 14.5. The fraction of sp³-hybridized carbons (Fsp3) is 0.600. The Kier molecular flexibility index (Phi) is 5.37. The molecule has 1 aromatic rings. The maximum absolute atomic E-state index is 12.7. The maximum Gasteiger partial charge on any atom is 0.272 e. The molecule has 0 N–H and O–H groups in total. The Morgan fingerprint density at radius 3 is 2.79 bits per heavy atom. The minimum atomic E-state index is 0.0875. The van der Waals surface area contributed by atoms with Crippen LogP contribution in [0.15, 0.2) is 18.3 Å². The molecule has 3 nitrogen and oxygen atoms in total. The van der Waals surface area contributed by atoms with Crippen molar-refractivity contribution in [1.29, 1.82) is 0 Å². The quantitative estimate of drug-likeness (QED) is 0.793. The summed E-state index contributed by atoms with van der Waals surface area (Å²) in [6.07, 6.45) is 7.73. The molecule has 1 saturated carbocycles. The lowest BCUT2D eigenvalue weighted by Crippen LogP contribution is -2.43. The molecule has 1 heterocycles. The van der Waals surface area contributed by atoms with E-state index >= 15 is 0 Å². The second-order valence-electron chi connectivity index (χ2n) is 5.15. The van der Waals surface area contributed by atoms with Crippen molar-refractivity contribution in [1.82, 2.24) is 9.88 Å². The van der Waals surface area contributed by atoms with Gasteiger partial charge in [-0.15, -0.1) is 0 Å². The van der Waals surface area contributed by atoms with Crippen LogP contribution in [-0.4, -0.2) is 33.7 Å². The number of rotatable bonds is 4. The smallest absolute Gasteiger partial charge is 0.272 e. The number of carbonyl (C=O) groups excluding carboxylic acids is 1. The van der Waals surface area contributed by atoms with Gasteiger partial charge in [-0.3, -0.25) is 9.78 Å². The van der Waals surface area contributed by atoms with E-state index in [1.54, 1.807) is 6.20 Å². The summed E-state index contributed by atoms with van der Waals surface area (Å²) < 4.78 is 0. The van der Waals surface area contributed by atoms with Crippen molar-refractivity contribution in [2.24, 2.45) is 0 Å². The summed E-state index contributed by atoms with van der Waals surface area (Å²) in [7, 11) is 0. The van der Waals surface area contributed by atoms with E-state index < -0.39 is 0 Å². The van der Waals surface area contributed by atoms with Gasteiger partial charge in [0.05, 0.1) is 0 Å². The van der Waals surface area contributed by atoms with E-state index in [1.807, 2.05) is 24.0 Å². The van der Waals surface area contributed by atoms with E-state index in [0.29, 0.717) is 11.7 Å². The van der Waals surface area contributed by atoms with Gasteiger partial charge >= 0.3 is 0 Å². The molecule has 19 heavy (non-hydrogen) atoms. The van der Waals surface area contributed by atoms with Crippen LogP contribution in [0.3, 0.4) is 0 Å². The van der Waals surface area contributed by atoms with Gasteiger partial charge in [0, 0.05) is 24.1 Å². The molecule has 1 fully saturated rings. The number of nitrogens with zero attached hydrogens (tertiary/aromatic N) is 2. The summed E-state index contributed by atoms with van der Waals surface area (Å²) in [6, 6.07) is 4.22. The van der Waals surface area contributed by atoms with Gasteiger partial charge in [-0.05, 0) is 31.4 Å². The third-order valence-corrected chi connectivity index (χ3v) is 4.17. The van der Waals surface area contributed by atoms with Crippen LogP contribution in [0.25, 0.3) is 0 Å². The molecule has 0 radical (unpaired) electrons. The van der Waals surface area contributed by atoms with Gasteiger partial charge in [0.1, 0.15) is 5.69 Å². The highest BCUT2D eigenvalue weighted by molar-refractivity contribution is 9.09. The zero-order valence-electron chi connectivity index (χ0n) is 11.4. The third-order valence-electron chi connectivity index (χ3n) is 3.81. The van der Waals surface area contributed by atoms with Crippen LogP contribution in [-0.2, 0) is 0 Å². The van der Waals surface area contributed by atoms with Crippen molar-refractivity contribution >= 4 is 21.8 Å². The number of carbonyl (C=O) groups is 1. The third kappa shape index (κ3) is 3.56. The maximum atomic E-state index is 12.7. The second-order valence-corrected chi connectivity index (χ2v) is 5.94. The Morgan fingerprint density at radius 1 is 1.42 bits per heavy atom. The van der Waals surface area contributed by atoms with Crippen LogP contribution < -0.4 is 0 Å². The summed E-state index contributed by atoms with van der Waals surface area (Å²) >= 11 is 3.46. The monoisotopic (exact) mass is 324 g/mol. The molecular formula is C15H21BrN2O. The fourth-order valence-electron chi connectivity index (χ4n) is 2.78. The lowest BCUT2D eigenvalue weighted by molar-refractivity contribution is 0.0644. The first-order valence-corrected chi connectivity index (χ1v) is 8.14. The van der Waals surface area contributed by atoms with E-state index in [-0.39, 0.29) is 5.91 Å². The minimum Gasteiger partial charge on any atom is -0.333 e. The zero-order valence-corrected chi connectivity index (χ0v) is 13.0. The van der Waals surface area contributed by atoms with E-state index in [2.05, 4.69) is 20.9 Å². The van der Waals surface area contributed by atoms with Crippen LogP contribution in [0.4, 0.5) is 0 Å². The predicted octanol–water partition coefficient (Wildman–Crippen LogP) is 3.56. The fourth-order valence-corrected chi connectivity index (χ4v) is 3.16. The van der Waals surface area contributed by atoms with Gasteiger partial charge in [-0.25, -0.2) is 0 Å². The Labute approximate surface area is 123 Å². The normalized spacial score (nSPS) is 16.3. The molecule has 0 spiro atoms. The predicted molar refractivity (Wildman–Crippen MR) is 80.7 cm³/mol. The highest BCUT2D eigenvalue weighted by atomic mass is 79.9. The summed E-state index contributed by atoms with van der Waals surface area (Å²) in [5.74, 6) is 0.0875. The highest BCUT2D eigenvalue weighted by Crippen LogP contribution is 2.24. The second kappa shape index (κ2) is 7.04.